The fourth-order valence-corrected chi connectivity index (χ4v) is 3.89. The van der Waals surface area contributed by atoms with Gasteiger partial charge >= 0.3 is 0 Å². The fraction of sp³-hybridized carbons (Fsp3) is 0. The van der Waals surface area contributed by atoms with Gasteiger partial charge in [0.15, 0.2) is 4.32 Å². The van der Waals surface area contributed by atoms with E-state index in [2.05, 4.69) is 15.9 Å². The van der Waals surface area contributed by atoms with Crippen molar-refractivity contribution in [2.45, 2.75) is 0 Å². The van der Waals surface area contributed by atoms with E-state index in [0.29, 0.717) is 14.2 Å². The topological polar surface area (TPSA) is 20.3 Å². The number of thiocarbonyl (C=S) groups is 1. The summed E-state index contributed by atoms with van der Waals surface area (Å²) < 4.78 is 1.36. The molecule has 0 radical (unpaired) electrons. The fourth-order valence-electron chi connectivity index (χ4n) is 2.02. The van der Waals surface area contributed by atoms with Gasteiger partial charge in [-0.05, 0) is 51.8 Å². The molecule has 0 aliphatic carbocycles. The minimum atomic E-state index is -0.114. The van der Waals surface area contributed by atoms with Crippen LogP contribution in [0, 0.1) is 0 Å². The molecule has 1 saturated heterocycles. The van der Waals surface area contributed by atoms with Gasteiger partial charge in [0.25, 0.3) is 5.91 Å². The zero-order valence-electron chi connectivity index (χ0n) is 11.1. The van der Waals surface area contributed by atoms with Gasteiger partial charge in [-0.1, -0.05) is 59.8 Å². The summed E-state index contributed by atoms with van der Waals surface area (Å²) in [5.74, 6) is -0.114. The van der Waals surface area contributed by atoms with Crippen LogP contribution in [0.25, 0.3) is 6.08 Å². The number of halogens is 2. The van der Waals surface area contributed by atoms with Gasteiger partial charge in [-0.25, -0.2) is 0 Å². The molecule has 1 amide bonds. The van der Waals surface area contributed by atoms with Gasteiger partial charge in [0.1, 0.15) is 0 Å². The van der Waals surface area contributed by atoms with E-state index in [1.165, 1.54) is 11.8 Å². The average Bonchev–Trinajstić information content (AvgIpc) is 2.77. The minimum absolute atomic E-state index is 0.114. The van der Waals surface area contributed by atoms with Crippen LogP contribution in [-0.2, 0) is 4.79 Å². The summed E-state index contributed by atoms with van der Waals surface area (Å²) in [5.41, 5.74) is 1.67. The SMILES string of the molecule is O=C1/C(=C/c2ccc(Cl)cc2)SC(=S)N1c1ccccc1Br. The van der Waals surface area contributed by atoms with Crippen LogP contribution in [0.2, 0.25) is 5.02 Å². The molecule has 22 heavy (non-hydrogen) atoms. The Balaban J connectivity index is 1.95. The number of hydrogen-bond donors (Lipinski definition) is 0. The van der Waals surface area contributed by atoms with Gasteiger partial charge in [-0.15, -0.1) is 0 Å². The third-order valence-electron chi connectivity index (χ3n) is 3.05. The van der Waals surface area contributed by atoms with Crippen LogP contribution in [0.15, 0.2) is 57.9 Å². The lowest BCUT2D eigenvalue weighted by Crippen LogP contribution is -2.27. The zero-order valence-corrected chi connectivity index (χ0v) is 15.1. The molecule has 0 aromatic heterocycles. The first-order valence-corrected chi connectivity index (χ1v) is 8.74. The lowest BCUT2D eigenvalue weighted by atomic mass is 10.2. The molecule has 0 N–H and O–H groups in total. The van der Waals surface area contributed by atoms with E-state index in [4.69, 9.17) is 23.8 Å². The molecule has 6 heteroatoms. The molecule has 110 valence electrons. The molecule has 0 unspecified atom stereocenters. The molecular weight excluding hydrogens is 402 g/mol. The Labute approximate surface area is 151 Å². The van der Waals surface area contributed by atoms with E-state index in [9.17, 15) is 4.79 Å². The number of carbonyl (C=O) groups excluding carboxylic acids is 1. The summed E-state index contributed by atoms with van der Waals surface area (Å²) in [6, 6.07) is 14.8. The Bertz CT molecular complexity index is 789. The molecule has 0 saturated carbocycles. The van der Waals surface area contributed by atoms with Crippen LogP contribution in [-0.4, -0.2) is 10.2 Å². The molecule has 2 nitrogen and oxygen atoms in total. The number of hydrogen-bond acceptors (Lipinski definition) is 3. The molecule has 0 spiro atoms. The highest BCUT2D eigenvalue weighted by atomic mass is 79.9. The predicted octanol–water partition coefficient (Wildman–Crippen LogP) is 5.51. The molecule has 0 bridgehead atoms. The number of benzene rings is 2. The van der Waals surface area contributed by atoms with Gasteiger partial charge in [0.2, 0.25) is 0 Å². The zero-order chi connectivity index (χ0) is 15.7. The van der Waals surface area contributed by atoms with Crippen molar-refractivity contribution >= 4 is 73.5 Å². The predicted molar refractivity (Wildman–Crippen MR) is 101 cm³/mol. The second kappa shape index (κ2) is 6.54. The van der Waals surface area contributed by atoms with Crippen molar-refractivity contribution in [2.24, 2.45) is 0 Å². The van der Waals surface area contributed by atoms with E-state index in [1.807, 2.05) is 42.5 Å². The van der Waals surface area contributed by atoms with Gasteiger partial charge in [0.05, 0.1) is 10.6 Å². The highest BCUT2D eigenvalue weighted by molar-refractivity contribution is 9.10. The second-order valence-corrected chi connectivity index (χ2v) is 7.49. The van der Waals surface area contributed by atoms with Crippen molar-refractivity contribution in [1.29, 1.82) is 0 Å². The smallest absolute Gasteiger partial charge is 0.268 e. The molecule has 1 fully saturated rings. The molecule has 1 aliphatic heterocycles. The summed E-state index contributed by atoms with van der Waals surface area (Å²) >= 11 is 16.0. The number of anilines is 1. The van der Waals surface area contributed by atoms with Gasteiger partial charge in [0, 0.05) is 9.50 Å². The third-order valence-corrected chi connectivity index (χ3v) is 5.28. The van der Waals surface area contributed by atoms with Crippen molar-refractivity contribution in [3.63, 3.8) is 0 Å². The first kappa shape index (κ1) is 15.7. The first-order chi connectivity index (χ1) is 10.6. The van der Waals surface area contributed by atoms with E-state index in [1.54, 1.807) is 17.0 Å². The minimum Gasteiger partial charge on any atom is -0.268 e. The number of thioether (sulfide) groups is 1. The maximum absolute atomic E-state index is 12.6. The summed E-state index contributed by atoms with van der Waals surface area (Å²) in [6.45, 7) is 0. The van der Waals surface area contributed by atoms with Crippen LogP contribution >= 0.6 is 51.5 Å². The number of amides is 1. The highest BCUT2D eigenvalue weighted by Gasteiger charge is 2.34. The third kappa shape index (κ3) is 3.13. The first-order valence-electron chi connectivity index (χ1n) is 6.34. The molecule has 3 rings (SSSR count). The molecule has 1 heterocycles. The Morgan fingerprint density at radius 3 is 2.50 bits per heavy atom. The molecule has 1 aliphatic rings. The Morgan fingerprint density at radius 2 is 1.82 bits per heavy atom. The number of carbonyl (C=O) groups is 1. The van der Waals surface area contributed by atoms with Gasteiger partial charge in [-0.2, -0.15) is 0 Å². The normalized spacial score (nSPS) is 16.6. The van der Waals surface area contributed by atoms with Crippen LogP contribution < -0.4 is 4.90 Å². The number of nitrogens with zero attached hydrogens (tertiary/aromatic N) is 1. The van der Waals surface area contributed by atoms with Crippen molar-refractivity contribution in [3.05, 3.63) is 68.5 Å². The van der Waals surface area contributed by atoms with Crippen molar-refractivity contribution in [2.75, 3.05) is 4.90 Å². The second-order valence-electron chi connectivity index (χ2n) is 4.52. The monoisotopic (exact) mass is 409 g/mol. The molecule has 2 aromatic carbocycles. The Morgan fingerprint density at radius 1 is 1.14 bits per heavy atom. The summed E-state index contributed by atoms with van der Waals surface area (Å²) in [6.07, 6.45) is 1.83. The molecule has 2 aromatic rings. The average molecular weight is 411 g/mol. The Kier molecular flexibility index (Phi) is 4.68. The summed E-state index contributed by atoms with van der Waals surface area (Å²) in [4.78, 5) is 14.8. The van der Waals surface area contributed by atoms with Gasteiger partial charge in [-0.3, -0.25) is 9.69 Å². The lowest BCUT2D eigenvalue weighted by molar-refractivity contribution is -0.113. The molecular formula is C16H9BrClNOS2. The maximum Gasteiger partial charge on any atom is 0.270 e. The Hall–Kier alpha value is -1.14. The van der Waals surface area contributed by atoms with Crippen LogP contribution in [0.4, 0.5) is 5.69 Å². The number of para-hydroxylation sites is 1. The quantitative estimate of drug-likeness (QED) is 0.481. The van der Waals surface area contributed by atoms with E-state index >= 15 is 0 Å². The highest BCUT2D eigenvalue weighted by Crippen LogP contribution is 2.38. The van der Waals surface area contributed by atoms with E-state index in [-0.39, 0.29) is 5.91 Å². The van der Waals surface area contributed by atoms with Crippen LogP contribution in [0.3, 0.4) is 0 Å². The van der Waals surface area contributed by atoms with Crippen molar-refractivity contribution in [3.8, 4) is 0 Å². The van der Waals surface area contributed by atoms with Crippen LogP contribution in [0.1, 0.15) is 5.56 Å². The lowest BCUT2D eigenvalue weighted by Gasteiger charge is -2.15. The van der Waals surface area contributed by atoms with Gasteiger partial charge < -0.3 is 0 Å². The molecule has 0 atom stereocenters. The number of rotatable bonds is 2. The van der Waals surface area contributed by atoms with Crippen LogP contribution in [0.5, 0.6) is 0 Å². The van der Waals surface area contributed by atoms with E-state index < -0.39 is 0 Å². The van der Waals surface area contributed by atoms with Crippen molar-refractivity contribution in [1.82, 2.24) is 0 Å². The summed E-state index contributed by atoms with van der Waals surface area (Å²) in [5, 5.41) is 0.665. The van der Waals surface area contributed by atoms with E-state index in [0.717, 1.165) is 15.7 Å². The largest absolute Gasteiger partial charge is 0.270 e. The van der Waals surface area contributed by atoms with Crippen molar-refractivity contribution < 1.29 is 4.79 Å². The summed E-state index contributed by atoms with van der Waals surface area (Å²) in [7, 11) is 0. The maximum atomic E-state index is 12.6. The standard InChI is InChI=1S/C16H9BrClNOS2/c17-12-3-1-2-4-13(12)19-15(20)14(22-16(19)21)9-10-5-7-11(18)8-6-10/h1-9H/b14-9-.